The Morgan fingerprint density at radius 3 is 2.15 bits per heavy atom. The van der Waals surface area contributed by atoms with Crippen molar-refractivity contribution in [2.24, 2.45) is 5.92 Å². The van der Waals surface area contributed by atoms with Gasteiger partial charge in [-0.05, 0) is 52.7 Å². The molecule has 0 bridgehead atoms. The molecule has 2 saturated heterocycles. The van der Waals surface area contributed by atoms with Gasteiger partial charge in [0, 0.05) is 5.02 Å². The smallest absolute Gasteiger partial charge is 0.266 e. The molecule has 0 spiro atoms. The average molecular weight is 455 g/mol. The molecule has 0 N–H and O–H groups in total. The zero-order valence-corrected chi connectivity index (χ0v) is 18.2. The predicted molar refractivity (Wildman–Crippen MR) is 128 cm³/mol. The molecule has 6 rings (SSSR count). The molecule has 2 amide bonds. The Hall–Kier alpha value is -3.67. The second-order valence-electron chi connectivity index (χ2n) is 8.25. The summed E-state index contributed by atoms with van der Waals surface area (Å²) in [5, 5.41) is 4.30. The van der Waals surface area contributed by atoms with Gasteiger partial charge in [0.15, 0.2) is 6.10 Å². The minimum atomic E-state index is -0.898. The van der Waals surface area contributed by atoms with Crippen LogP contribution in [0.5, 0.6) is 0 Å². The van der Waals surface area contributed by atoms with Crippen molar-refractivity contribution >= 4 is 45.6 Å². The van der Waals surface area contributed by atoms with E-state index in [0.29, 0.717) is 10.7 Å². The van der Waals surface area contributed by atoms with E-state index in [9.17, 15) is 9.59 Å². The van der Waals surface area contributed by atoms with E-state index in [1.165, 1.54) is 4.90 Å². The molecule has 162 valence electrons. The first-order valence-electron chi connectivity index (χ1n) is 10.7. The normalized spacial score (nSPS) is 22.3. The number of halogens is 1. The minimum Gasteiger partial charge on any atom is -0.273 e. The molecule has 3 atom stereocenters. The number of hydroxylamine groups is 1. The Bertz CT molecular complexity index is 1370. The zero-order chi connectivity index (χ0) is 22.5. The van der Waals surface area contributed by atoms with E-state index >= 15 is 0 Å². The molecule has 2 fully saturated rings. The van der Waals surface area contributed by atoms with E-state index in [0.717, 1.165) is 22.0 Å². The summed E-state index contributed by atoms with van der Waals surface area (Å²) in [4.78, 5) is 34.7. The number of carbonyl (C=O) groups is 2. The van der Waals surface area contributed by atoms with Crippen LogP contribution in [-0.4, -0.2) is 17.9 Å². The van der Waals surface area contributed by atoms with Crippen LogP contribution >= 0.6 is 11.6 Å². The largest absolute Gasteiger partial charge is 0.273 e. The van der Waals surface area contributed by atoms with E-state index in [1.54, 1.807) is 17.2 Å². The van der Waals surface area contributed by atoms with Gasteiger partial charge in [0.2, 0.25) is 5.91 Å². The van der Waals surface area contributed by atoms with E-state index in [-0.39, 0.29) is 11.8 Å². The number of anilines is 2. The van der Waals surface area contributed by atoms with Crippen molar-refractivity contribution in [2.75, 3.05) is 9.96 Å². The van der Waals surface area contributed by atoms with Gasteiger partial charge in [-0.2, -0.15) is 0 Å². The van der Waals surface area contributed by atoms with Gasteiger partial charge in [-0.15, -0.1) is 0 Å². The van der Waals surface area contributed by atoms with Crippen LogP contribution in [0.2, 0.25) is 5.02 Å². The van der Waals surface area contributed by atoms with Gasteiger partial charge in [0.1, 0.15) is 5.92 Å². The van der Waals surface area contributed by atoms with Crippen molar-refractivity contribution < 1.29 is 14.4 Å². The highest BCUT2D eigenvalue weighted by molar-refractivity contribution is 6.30. The minimum absolute atomic E-state index is 0.265. The van der Waals surface area contributed by atoms with Crippen LogP contribution in [0.25, 0.3) is 10.8 Å². The Kier molecular flexibility index (Phi) is 4.68. The molecule has 2 heterocycles. The number of hydrogen-bond donors (Lipinski definition) is 0. The van der Waals surface area contributed by atoms with Crippen LogP contribution in [-0.2, 0) is 14.4 Å². The number of benzene rings is 4. The maximum Gasteiger partial charge on any atom is 0.266 e. The van der Waals surface area contributed by atoms with E-state index in [1.807, 2.05) is 84.9 Å². The topological polar surface area (TPSA) is 49.9 Å². The lowest BCUT2D eigenvalue weighted by atomic mass is 9.90. The maximum atomic E-state index is 13.7. The summed E-state index contributed by atoms with van der Waals surface area (Å²) in [5.41, 5.74) is 2.20. The van der Waals surface area contributed by atoms with Gasteiger partial charge in [0.05, 0.1) is 17.4 Å². The number of fused-ring (bicyclic) bond motifs is 2. The molecule has 0 radical (unpaired) electrons. The third-order valence-electron chi connectivity index (χ3n) is 6.33. The lowest BCUT2D eigenvalue weighted by Gasteiger charge is -2.28. The van der Waals surface area contributed by atoms with Crippen molar-refractivity contribution in [1.29, 1.82) is 0 Å². The number of imide groups is 1. The van der Waals surface area contributed by atoms with Crippen molar-refractivity contribution in [1.82, 2.24) is 0 Å². The molecule has 0 saturated carbocycles. The monoisotopic (exact) mass is 454 g/mol. The Morgan fingerprint density at radius 2 is 1.39 bits per heavy atom. The molecular weight excluding hydrogens is 436 g/mol. The van der Waals surface area contributed by atoms with Crippen molar-refractivity contribution in [3.63, 3.8) is 0 Å². The van der Waals surface area contributed by atoms with Gasteiger partial charge in [0.25, 0.3) is 5.91 Å². The van der Waals surface area contributed by atoms with E-state index in [2.05, 4.69) is 0 Å². The standard InChI is InChI=1S/C27H19ClN2O3/c28-20-13-10-18(11-14-20)24-23-25(33-30(24)21-8-2-1-3-9-21)27(32)29(26(23)31)22-15-12-17-6-4-5-7-19(17)16-22/h1-16,23-25H/t23-,24+,25+/m0/s1. The Labute approximate surface area is 195 Å². The van der Waals surface area contributed by atoms with Crippen LogP contribution in [0.3, 0.4) is 0 Å². The number of para-hydroxylation sites is 1. The number of carbonyl (C=O) groups excluding carboxylic acids is 2. The molecule has 0 unspecified atom stereocenters. The van der Waals surface area contributed by atoms with Gasteiger partial charge < -0.3 is 0 Å². The number of rotatable bonds is 3. The van der Waals surface area contributed by atoms with Gasteiger partial charge in [-0.25, -0.2) is 9.96 Å². The molecule has 2 aliphatic heterocycles. The van der Waals surface area contributed by atoms with E-state index in [4.69, 9.17) is 16.4 Å². The third kappa shape index (κ3) is 3.20. The maximum absolute atomic E-state index is 13.7. The first-order chi connectivity index (χ1) is 16.1. The number of amides is 2. The average Bonchev–Trinajstić information content (AvgIpc) is 3.36. The number of nitrogens with zero attached hydrogens (tertiary/aromatic N) is 2. The summed E-state index contributed by atoms with van der Waals surface area (Å²) in [7, 11) is 0. The lowest BCUT2D eigenvalue weighted by molar-refractivity contribution is -0.126. The fourth-order valence-electron chi connectivity index (χ4n) is 4.78. The van der Waals surface area contributed by atoms with Crippen molar-refractivity contribution in [3.8, 4) is 0 Å². The Morgan fingerprint density at radius 1 is 0.697 bits per heavy atom. The zero-order valence-electron chi connectivity index (χ0n) is 17.5. The van der Waals surface area contributed by atoms with Crippen LogP contribution in [0.15, 0.2) is 97.1 Å². The lowest BCUT2D eigenvalue weighted by Crippen LogP contribution is -2.37. The Balaban J connectivity index is 1.43. The van der Waals surface area contributed by atoms with Gasteiger partial charge in [-0.3, -0.25) is 14.4 Å². The summed E-state index contributed by atoms with van der Waals surface area (Å²) in [6, 6.07) is 29.9. The van der Waals surface area contributed by atoms with Crippen LogP contribution in [0, 0.1) is 5.92 Å². The predicted octanol–water partition coefficient (Wildman–Crippen LogP) is 5.54. The highest BCUT2D eigenvalue weighted by Gasteiger charge is 2.60. The fourth-order valence-corrected chi connectivity index (χ4v) is 4.91. The SMILES string of the molecule is O=C1[C@H]2[C@@H](c3ccc(Cl)cc3)N(c3ccccc3)O[C@H]2C(=O)N1c1ccc2ccccc2c1. The first kappa shape index (κ1) is 20.0. The van der Waals surface area contributed by atoms with Crippen LogP contribution < -0.4 is 9.96 Å². The second kappa shape index (κ2) is 7.73. The molecule has 2 aliphatic rings. The molecular formula is C27H19ClN2O3. The van der Waals surface area contributed by atoms with Crippen molar-refractivity contribution in [3.05, 3.63) is 108 Å². The first-order valence-corrected chi connectivity index (χ1v) is 11.1. The number of hydrogen-bond acceptors (Lipinski definition) is 4. The highest BCUT2D eigenvalue weighted by Crippen LogP contribution is 2.47. The van der Waals surface area contributed by atoms with Gasteiger partial charge >= 0.3 is 0 Å². The fraction of sp³-hybridized carbons (Fsp3) is 0.111. The molecule has 4 aromatic rings. The molecule has 4 aromatic carbocycles. The summed E-state index contributed by atoms with van der Waals surface area (Å²) < 4.78 is 0. The second-order valence-corrected chi connectivity index (χ2v) is 8.69. The third-order valence-corrected chi connectivity index (χ3v) is 6.58. The van der Waals surface area contributed by atoms with Crippen LogP contribution in [0.1, 0.15) is 11.6 Å². The van der Waals surface area contributed by atoms with E-state index < -0.39 is 18.1 Å². The molecule has 0 aromatic heterocycles. The van der Waals surface area contributed by atoms with Crippen LogP contribution in [0.4, 0.5) is 11.4 Å². The molecule has 33 heavy (non-hydrogen) atoms. The quantitative estimate of drug-likeness (QED) is 0.381. The molecule has 0 aliphatic carbocycles. The summed E-state index contributed by atoms with van der Waals surface area (Å²) in [6.07, 6.45) is -0.898. The summed E-state index contributed by atoms with van der Waals surface area (Å²) >= 11 is 6.11. The summed E-state index contributed by atoms with van der Waals surface area (Å²) in [6.45, 7) is 0. The van der Waals surface area contributed by atoms with Crippen molar-refractivity contribution in [2.45, 2.75) is 12.1 Å². The van der Waals surface area contributed by atoms with Gasteiger partial charge in [-0.1, -0.05) is 72.3 Å². The molecule has 5 nitrogen and oxygen atoms in total. The molecule has 6 heteroatoms. The summed E-state index contributed by atoms with van der Waals surface area (Å²) in [5.74, 6) is -1.29. The highest BCUT2D eigenvalue weighted by atomic mass is 35.5.